The van der Waals surface area contributed by atoms with Gasteiger partial charge in [-0.25, -0.2) is 4.98 Å². The molecule has 0 saturated carbocycles. The van der Waals surface area contributed by atoms with E-state index in [9.17, 15) is 9.59 Å². The smallest absolute Gasteiger partial charge is 0.252 e. The minimum atomic E-state index is -0.468. The molecule has 0 unspecified atom stereocenters. The van der Waals surface area contributed by atoms with E-state index >= 15 is 0 Å². The number of tetrazole rings is 1. The van der Waals surface area contributed by atoms with E-state index in [0.29, 0.717) is 16.4 Å². The topological polar surface area (TPSA) is 137 Å². The molecular weight excluding hydrogens is 492 g/mol. The summed E-state index contributed by atoms with van der Waals surface area (Å²) in [6.45, 7) is 1.92. The van der Waals surface area contributed by atoms with Crippen molar-refractivity contribution in [3.63, 3.8) is 0 Å². The summed E-state index contributed by atoms with van der Waals surface area (Å²) in [6.07, 6.45) is 4.71. The number of H-pyrrole nitrogens is 1. The molecule has 5 aromatic rings. The number of carbonyl (C=O) groups excluding carboxylic acids is 1. The number of halogens is 1. The SMILES string of the molecule is Cc1cc(C(N)=O)ccc1-c1cnc([C@@H]2CCc3cc(-c4cc(Cl)ccc4-n4cnnn4)cc(=O)n32)[nH]1. The van der Waals surface area contributed by atoms with E-state index < -0.39 is 5.91 Å². The van der Waals surface area contributed by atoms with Crippen LogP contribution in [0, 0.1) is 6.92 Å². The van der Waals surface area contributed by atoms with Crippen LogP contribution in [0.3, 0.4) is 0 Å². The highest BCUT2D eigenvalue weighted by atomic mass is 35.5. The van der Waals surface area contributed by atoms with Crippen LogP contribution in [0.5, 0.6) is 0 Å². The number of aryl methyl sites for hydroxylation is 2. The monoisotopic (exact) mass is 512 g/mol. The summed E-state index contributed by atoms with van der Waals surface area (Å²) in [5.74, 6) is 0.239. The summed E-state index contributed by atoms with van der Waals surface area (Å²) in [5.41, 5.74) is 11.5. The second-order valence-electron chi connectivity index (χ2n) is 8.99. The third-order valence-corrected chi connectivity index (χ3v) is 6.95. The van der Waals surface area contributed by atoms with Crippen molar-refractivity contribution in [2.24, 2.45) is 5.73 Å². The zero-order valence-corrected chi connectivity index (χ0v) is 20.5. The Morgan fingerprint density at radius 3 is 2.76 bits per heavy atom. The second kappa shape index (κ2) is 8.82. The second-order valence-corrected chi connectivity index (χ2v) is 9.43. The van der Waals surface area contributed by atoms with Crippen LogP contribution < -0.4 is 11.3 Å². The minimum absolute atomic E-state index is 0.127. The first-order chi connectivity index (χ1) is 17.9. The van der Waals surface area contributed by atoms with Crippen molar-refractivity contribution in [1.82, 2.24) is 34.7 Å². The van der Waals surface area contributed by atoms with E-state index in [2.05, 4.69) is 25.5 Å². The van der Waals surface area contributed by atoms with Crippen LogP contribution in [0.4, 0.5) is 0 Å². The number of fused-ring (bicyclic) bond motifs is 1. The van der Waals surface area contributed by atoms with Crippen LogP contribution in [0.2, 0.25) is 5.02 Å². The standard InChI is InChI=1S/C26H21ClN8O2/c1-14-8-15(25(28)37)2-5-19(14)21-12-29-26(31-21)23-7-4-18-9-16(10-24(36)35(18)23)20-11-17(27)3-6-22(20)34-13-30-32-33-34/h2-3,5-6,8-13,23H,4,7H2,1H3,(H2,28,37)(H,29,31)/t23-/m0/s1. The third kappa shape index (κ3) is 4.01. The number of hydrogen-bond donors (Lipinski definition) is 2. The molecule has 3 N–H and O–H groups in total. The maximum absolute atomic E-state index is 13.4. The molecule has 0 spiro atoms. The molecule has 37 heavy (non-hydrogen) atoms. The summed E-state index contributed by atoms with van der Waals surface area (Å²) in [5, 5.41) is 12.0. The van der Waals surface area contributed by atoms with Crippen LogP contribution in [-0.2, 0) is 6.42 Å². The number of amides is 1. The fraction of sp³-hybridized carbons (Fsp3) is 0.154. The lowest BCUT2D eigenvalue weighted by Gasteiger charge is -2.15. The van der Waals surface area contributed by atoms with Crippen molar-refractivity contribution in [2.75, 3.05) is 0 Å². The van der Waals surface area contributed by atoms with Crippen LogP contribution >= 0.6 is 11.6 Å². The average Bonchev–Trinajstić information content (AvgIpc) is 3.64. The van der Waals surface area contributed by atoms with E-state index in [1.54, 1.807) is 39.7 Å². The first-order valence-electron chi connectivity index (χ1n) is 11.6. The Kier molecular flexibility index (Phi) is 5.45. The number of carbonyl (C=O) groups is 1. The Morgan fingerprint density at radius 2 is 2.00 bits per heavy atom. The highest BCUT2D eigenvalue weighted by Crippen LogP contribution is 2.34. The first-order valence-corrected chi connectivity index (χ1v) is 12.0. The zero-order valence-electron chi connectivity index (χ0n) is 19.7. The van der Waals surface area contributed by atoms with E-state index in [4.69, 9.17) is 17.3 Å². The van der Waals surface area contributed by atoms with Crippen molar-refractivity contribution in [1.29, 1.82) is 0 Å². The van der Waals surface area contributed by atoms with Crippen molar-refractivity contribution < 1.29 is 4.79 Å². The maximum atomic E-state index is 13.4. The number of nitrogens with one attached hydrogen (secondary N) is 1. The third-order valence-electron chi connectivity index (χ3n) is 6.71. The predicted molar refractivity (Wildman–Crippen MR) is 138 cm³/mol. The van der Waals surface area contributed by atoms with Crippen molar-refractivity contribution in [2.45, 2.75) is 25.8 Å². The van der Waals surface area contributed by atoms with Crippen LogP contribution in [0.25, 0.3) is 28.1 Å². The minimum Gasteiger partial charge on any atom is -0.366 e. The normalized spacial score (nSPS) is 14.6. The lowest BCUT2D eigenvalue weighted by Crippen LogP contribution is -2.23. The molecule has 2 aromatic carbocycles. The highest BCUT2D eigenvalue weighted by molar-refractivity contribution is 6.31. The lowest BCUT2D eigenvalue weighted by atomic mass is 10.0. The van der Waals surface area contributed by atoms with Gasteiger partial charge in [-0.15, -0.1) is 5.10 Å². The van der Waals surface area contributed by atoms with Crippen LogP contribution in [0.15, 0.2) is 65.8 Å². The van der Waals surface area contributed by atoms with Crippen LogP contribution in [-0.4, -0.2) is 40.6 Å². The molecular formula is C26H21ClN8O2. The van der Waals surface area contributed by atoms with E-state index in [1.807, 2.05) is 31.2 Å². The molecule has 11 heteroatoms. The fourth-order valence-electron chi connectivity index (χ4n) is 4.98. The van der Waals surface area contributed by atoms with Gasteiger partial charge in [0.1, 0.15) is 12.2 Å². The molecule has 10 nitrogen and oxygen atoms in total. The molecule has 4 heterocycles. The molecule has 184 valence electrons. The van der Waals surface area contributed by atoms with Gasteiger partial charge in [-0.3, -0.25) is 9.59 Å². The number of nitrogens with zero attached hydrogens (tertiary/aromatic N) is 6. The van der Waals surface area contributed by atoms with Gasteiger partial charge in [0.15, 0.2) is 0 Å². The summed E-state index contributed by atoms with van der Waals surface area (Å²) in [6, 6.07) is 14.1. The molecule has 1 aliphatic rings. The van der Waals surface area contributed by atoms with E-state index in [-0.39, 0.29) is 11.6 Å². The number of rotatable bonds is 5. The maximum Gasteiger partial charge on any atom is 0.252 e. The molecule has 1 aliphatic heterocycles. The van der Waals surface area contributed by atoms with E-state index in [1.165, 1.54) is 6.33 Å². The van der Waals surface area contributed by atoms with Crippen molar-refractivity contribution in [3.05, 3.63) is 99.1 Å². The number of hydrogen-bond acceptors (Lipinski definition) is 6. The molecule has 0 aliphatic carbocycles. The number of benzene rings is 2. The van der Waals surface area contributed by atoms with Gasteiger partial charge in [-0.05, 0) is 77.7 Å². The van der Waals surface area contributed by atoms with Gasteiger partial charge in [0.2, 0.25) is 5.91 Å². The van der Waals surface area contributed by atoms with Gasteiger partial charge in [-0.2, -0.15) is 4.68 Å². The molecule has 1 amide bonds. The van der Waals surface area contributed by atoms with Gasteiger partial charge in [-0.1, -0.05) is 17.7 Å². The average molecular weight is 513 g/mol. The largest absolute Gasteiger partial charge is 0.366 e. The predicted octanol–water partition coefficient (Wildman–Crippen LogP) is 3.48. The van der Waals surface area contributed by atoms with Crippen molar-refractivity contribution in [3.8, 4) is 28.1 Å². The molecule has 1 atom stereocenters. The molecule has 6 rings (SSSR count). The van der Waals surface area contributed by atoms with Crippen molar-refractivity contribution >= 4 is 17.5 Å². The number of primary amides is 1. The number of aromatic amines is 1. The summed E-state index contributed by atoms with van der Waals surface area (Å²) in [7, 11) is 0. The van der Waals surface area contributed by atoms with E-state index in [0.717, 1.165) is 52.2 Å². The molecule has 0 fully saturated rings. The number of aromatic nitrogens is 7. The van der Waals surface area contributed by atoms with Gasteiger partial charge in [0.25, 0.3) is 5.56 Å². The Hall–Kier alpha value is -4.57. The number of imidazole rings is 1. The Balaban J connectivity index is 1.36. The zero-order chi connectivity index (χ0) is 25.7. The summed E-state index contributed by atoms with van der Waals surface area (Å²) < 4.78 is 3.33. The Morgan fingerprint density at radius 1 is 1.14 bits per heavy atom. The number of pyridine rings is 1. The van der Waals surface area contributed by atoms with Gasteiger partial charge in [0, 0.05) is 33.5 Å². The Labute approximate surface area is 215 Å². The van der Waals surface area contributed by atoms with Gasteiger partial charge in [0.05, 0.1) is 23.6 Å². The molecule has 3 aromatic heterocycles. The quantitative estimate of drug-likeness (QED) is 0.370. The van der Waals surface area contributed by atoms with Gasteiger partial charge >= 0.3 is 0 Å². The van der Waals surface area contributed by atoms with Crippen LogP contribution in [0.1, 0.15) is 39.9 Å². The molecule has 0 saturated heterocycles. The fourth-order valence-corrected chi connectivity index (χ4v) is 5.15. The Bertz CT molecular complexity index is 1720. The molecule has 0 radical (unpaired) electrons. The lowest BCUT2D eigenvalue weighted by molar-refractivity contribution is 0.1000. The van der Waals surface area contributed by atoms with Gasteiger partial charge < -0.3 is 15.3 Å². The number of nitrogens with two attached hydrogens (primary N) is 1. The highest BCUT2D eigenvalue weighted by Gasteiger charge is 2.28. The summed E-state index contributed by atoms with van der Waals surface area (Å²) in [4.78, 5) is 32.9. The summed E-state index contributed by atoms with van der Waals surface area (Å²) >= 11 is 6.30. The molecule has 0 bridgehead atoms. The first kappa shape index (κ1) is 22.9.